The van der Waals surface area contributed by atoms with Crippen LogP contribution in [0.2, 0.25) is 0 Å². The van der Waals surface area contributed by atoms with Crippen molar-refractivity contribution in [2.45, 2.75) is 33.1 Å². The number of nitrogens with two attached hydrogens (primary N) is 1. The topological polar surface area (TPSA) is 80.0 Å². The summed E-state index contributed by atoms with van der Waals surface area (Å²) in [4.78, 5) is 15.6. The average Bonchev–Trinajstić information content (AvgIpc) is 2.34. The van der Waals surface area contributed by atoms with Crippen LogP contribution < -0.4 is 16.4 Å². The minimum absolute atomic E-state index is 0.136. The summed E-state index contributed by atoms with van der Waals surface area (Å²) >= 11 is 0. The van der Waals surface area contributed by atoms with Gasteiger partial charge in [-0.25, -0.2) is 4.98 Å². The van der Waals surface area contributed by atoms with Gasteiger partial charge in [-0.1, -0.05) is 13.8 Å². The number of nitrogen functional groups attached to an aromatic ring is 1. The zero-order valence-corrected chi connectivity index (χ0v) is 11.8. The summed E-state index contributed by atoms with van der Waals surface area (Å²) in [6, 6.07) is 3.63. The SMILES string of the molecule is CC(C)CC(=O)NCCCCNc1ncccc1N. The van der Waals surface area contributed by atoms with Crippen molar-refractivity contribution in [3.05, 3.63) is 18.3 Å². The first-order valence-corrected chi connectivity index (χ1v) is 6.80. The lowest BCUT2D eigenvalue weighted by Crippen LogP contribution is -2.25. The minimum atomic E-state index is 0.136. The highest BCUT2D eigenvalue weighted by atomic mass is 16.1. The van der Waals surface area contributed by atoms with Crippen molar-refractivity contribution in [1.29, 1.82) is 0 Å². The Kier molecular flexibility index (Phi) is 6.71. The summed E-state index contributed by atoms with van der Waals surface area (Å²) < 4.78 is 0. The molecule has 0 saturated heterocycles. The first kappa shape index (κ1) is 15.3. The van der Waals surface area contributed by atoms with Crippen LogP contribution in [0.5, 0.6) is 0 Å². The molecule has 0 aliphatic carbocycles. The number of aromatic nitrogens is 1. The third kappa shape index (κ3) is 6.64. The number of pyridine rings is 1. The molecule has 1 aromatic rings. The fraction of sp³-hybridized carbons (Fsp3) is 0.571. The van der Waals surface area contributed by atoms with Gasteiger partial charge in [0.2, 0.25) is 5.91 Å². The van der Waals surface area contributed by atoms with E-state index in [0.717, 1.165) is 31.7 Å². The molecule has 0 unspecified atom stereocenters. The molecule has 1 amide bonds. The quantitative estimate of drug-likeness (QED) is 0.628. The van der Waals surface area contributed by atoms with Crippen LogP contribution in [0.25, 0.3) is 0 Å². The molecule has 4 N–H and O–H groups in total. The van der Waals surface area contributed by atoms with Gasteiger partial charge in [0.1, 0.15) is 5.82 Å². The van der Waals surface area contributed by atoms with Crippen molar-refractivity contribution in [2.75, 3.05) is 24.1 Å². The number of carbonyl (C=O) groups is 1. The first-order chi connectivity index (χ1) is 9.09. The number of nitrogens with zero attached hydrogens (tertiary/aromatic N) is 1. The van der Waals surface area contributed by atoms with E-state index in [1.54, 1.807) is 6.20 Å². The van der Waals surface area contributed by atoms with Crippen LogP contribution in [-0.2, 0) is 4.79 Å². The molecule has 0 aliphatic heterocycles. The van der Waals surface area contributed by atoms with Gasteiger partial charge < -0.3 is 16.4 Å². The van der Waals surface area contributed by atoms with Crippen LogP contribution in [-0.4, -0.2) is 24.0 Å². The van der Waals surface area contributed by atoms with Crippen molar-refractivity contribution < 1.29 is 4.79 Å². The van der Waals surface area contributed by atoms with E-state index in [4.69, 9.17) is 5.73 Å². The molecular weight excluding hydrogens is 240 g/mol. The molecule has 0 bridgehead atoms. The fourth-order valence-electron chi connectivity index (χ4n) is 1.69. The predicted molar refractivity (Wildman–Crippen MR) is 78.8 cm³/mol. The molecule has 1 aromatic heterocycles. The molecule has 0 fully saturated rings. The summed E-state index contributed by atoms with van der Waals surface area (Å²) in [6.45, 7) is 5.62. The number of hydrogen-bond acceptors (Lipinski definition) is 4. The van der Waals surface area contributed by atoms with Crippen molar-refractivity contribution in [1.82, 2.24) is 10.3 Å². The monoisotopic (exact) mass is 264 g/mol. The maximum atomic E-state index is 11.4. The summed E-state index contributed by atoms with van der Waals surface area (Å²) in [7, 11) is 0. The fourth-order valence-corrected chi connectivity index (χ4v) is 1.69. The van der Waals surface area contributed by atoms with Crippen molar-refractivity contribution in [3.8, 4) is 0 Å². The van der Waals surface area contributed by atoms with Crippen LogP contribution in [0.1, 0.15) is 33.1 Å². The molecule has 0 aliphatic rings. The normalized spacial score (nSPS) is 10.5. The highest BCUT2D eigenvalue weighted by molar-refractivity contribution is 5.75. The van der Waals surface area contributed by atoms with E-state index in [1.165, 1.54) is 0 Å². The Labute approximate surface area is 115 Å². The summed E-state index contributed by atoms with van der Waals surface area (Å²) in [5.41, 5.74) is 6.43. The van der Waals surface area contributed by atoms with Crippen molar-refractivity contribution >= 4 is 17.4 Å². The number of anilines is 2. The Bertz CT molecular complexity index is 393. The van der Waals surface area contributed by atoms with Gasteiger partial charge in [0.05, 0.1) is 5.69 Å². The second-order valence-electron chi connectivity index (χ2n) is 5.02. The molecule has 0 saturated carbocycles. The van der Waals surface area contributed by atoms with Crippen LogP contribution in [0.3, 0.4) is 0 Å². The van der Waals surface area contributed by atoms with E-state index in [-0.39, 0.29) is 5.91 Å². The van der Waals surface area contributed by atoms with Gasteiger partial charge in [-0.3, -0.25) is 4.79 Å². The summed E-state index contributed by atoms with van der Waals surface area (Å²) in [5.74, 6) is 1.28. The Hall–Kier alpha value is -1.78. The number of carbonyl (C=O) groups excluding carboxylic acids is 1. The Morgan fingerprint density at radius 1 is 1.37 bits per heavy atom. The van der Waals surface area contributed by atoms with Gasteiger partial charge in [0, 0.05) is 25.7 Å². The molecule has 0 radical (unpaired) electrons. The molecular formula is C14H24N4O. The Balaban J connectivity index is 2.06. The zero-order valence-electron chi connectivity index (χ0n) is 11.8. The molecule has 1 rings (SSSR count). The number of amides is 1. The highest BCUT2D eigenvalue weighted by Crippen LogP contribution is 2.12. The molecule has 106 valence electrons. The van der Waals surface area contributed by atoms with Crippen LogP contribution >= 0.6 is 0 Å². The zero-order chi connectivity index (χ0) is 14.1. The lowest BCUT2D eigenvalue weighted by Gasteiger charge is -2.09. The van der Waals surface area contributed by atoms with Crippen LogP contribution in [0, 0.1) is 5.92 Å². The van der Waals surface area contributed by atoms with Crippen LogP contribution in [0.15, 0.2) is 18.3 Å². The third-order valence-corrected chi connectivity index (χ3v) is 2.65. The molecule has 5 heteroatoms. The Morgan fingerprint density at radius 2 is 2.11 bits per heavy atom. The van der Waals surface area contributed by atoms with Crippen molar-refractivity contribution in [2.24, 2.45) is 5.92 Å². The Morgan fingerprint density at radius 3 is 2.79 bits per heavy atom. The summed E-state index contributed by atoms with van der Waals surface area (Å²) in [5, 5.41) is 6.10. The molecule has 0 spiro atoms. The van der Waals surface area contributed by atoms with E-state index in [1.807, 2.05) is 26.0 Å². The van der Waals surface area contributed by atoms with Gasteiger partial charge in [-0.05, 0) is 30.9 Å². The van der Waals surface area contributed by atoms with E-state index >= 15 is 0 Å². The molecule has 19 heavy (non-hydrogen) atoms. The number of unbranched alkanes of at least 4 members (excludes halogenated alkanes) is 1. The third-order valence-electron chi connectivity index (χ3n) is 2.65. The van der Waals surface area contributed by atoms with E-state index < -0.39 is 0 Å². The molecule has 0 aromatic carbocycles. The summed E-state index contributed by atoms with van der Waals surface area (Å²) in [6.07, 6.45) is 4.23. The molecule has 0 atom stereocenters. The van der Waals surface area contributed by atoms with Gasteiger partial charge in [0.15, 0.2) is 0 Å². The minimum Gasteiger partial charge on any atom is -0.396 e. The number of rotatable bonds is 8. The molecule has 5 nitrogen and oxygen atoms in total. The standard InChI is InChI=1S/C14H24N4O/c1-11(2)10-13(19)16-7-3-4-8-17-14-12(15)6-5-9-18-14/h5-6,9,11H,3-4,7-8,10,15H2,1-2H3,(H,16,19)(H,17,18). The van der Waals surface area contributed by atoms with E-state index in [0.29, 0.717) is 18.0 Å². The second kappa shape index (κ2) is 8.34. The average molecular weight is 264 g/mol. The predicted octanol–water partition coefficient (Wildman–Crippen LogP) is 2.02. The highest BCUT2D eigenvalue weighted by Gasteiger charge is 2.03. The second-order valence-corrected chi connectivity index (χ2v) is 5.02. The number of nitrogens with one attached hydrogen (secondary N) is 2. The lowest BCUT2D eigenvalue weighted by atomic mass is 10.1. The molecule has 1 heterocycles. The lowest BCUT2D eigenvalue weighted by molar-refractivity contribution is -0.121. The first-order valence-electron chi connectivity index (χ1n) is 6.80. The van der Waals surface area contributed by atoms with Crippen LogP contribution in [0.4, 0.5) is 11.5 Å². The smallest absolute Gasteiger partial charge is 0.220 e. The van der Waals surface area contributed by atoms with Gasteiger partial charge in [0.25, 0.3) is 0 Å². The van der Waals surface area contributed by atoms with E-state index in [9.17, 15) is 4.79 Å². The van der Waals surface area contributed by atoms with Gasteiger partial charge in [-0.15, -0.1) is 0 Å². The number of hydrogen-bond donors (Lipinski definition) is 3. The van der Waals surface area contributed by atoms with Gasteiger partial charge >= 0.3 is 0 Å². The van der Waals surface area contributed by atoms with E-state index in [2.05, 4.69) is 15.6 Å². The largest absolute Gasteiger partial charge is 0.396 e. The maximum Gasteiger partial charge on any atom is 0.220 e. The maximum absolute atomic E-state index is 11.4. The van der Waals surface area contributed by atoms with Gasteiger partial charge in [-0.2, -0.15) is 0 Å². The van der Waals surface area contributed by atoms with Crippen molar-refractivity contribution in [3.63, 3.8) is 0 Å².